The second-order valence-corrected chi connectivity index (χ2v) is 7.26. The van der Waals surface area contributed by atoms with Crippen molar-refractivity contribution in [2.75, 3.05) is 0 Å². The molecule has 0 aliphatic heterocycles. The summed E-state index contributed by atoms with van der Waals surface area (Å²) < 4.78 is 34.1. The van der Waals surface area contributed by atoms with Gasteiger partial charge in [0.05, 0.1) is 5.52 Å². The maximum atomic E-state index is 13.8. The van der Waals surface area contributed by atoms with Crippen LogP contribution in [0.4, 0.5) is 8.78 Å². The summed E-state index contributed by atoms with van der Waals surface area (Å²) in [5.74, 6) is -2.45. The molecule has 5 nitrogen and oxygen atoms in total. The maximum absolute atomic E-state index is 13.8. The summed E-state index contributed by atoms with van der Waals surface area (Å²) in [4.78, 5) is 28.5. The molecule has 2 heterocycles. The second-order valence-electron chi connectivity index (χ2n) is 6.40. The lowest BCUT2D eigenvalue weighted by molar-refractivity contribution is 0.0986. The number of hydrogen-bond donors (Lipinski definition) is 0. The zero-order valence-electron chi connectivity index (χ0n) is 15.0. The summed E-state index contributed by atoms with van der Waals surface area (Å²) >= 11 is 1.25. The first-order valence-electron chi connectivity index (χ1n) is 8.37. The lowest BCUT2D eigenvalue weighted by Gasteiger charge is -2.04. The van der Waals surface area contributed by atoms with Crippen molar-refractivity contribution in [3.63, 3.8) is 0 Å². The van der Waals surface area contributed by atoms with E-state index in [1.165, 1.54) is 22.0 Å². The summed E-state index contributed by atoms with van der Waals surface area (Å²) in [5.41, 5.74) is 2.54. The third kappa shape index (κ3) is 3.05. The predicted molar refractivity (Wildman–Crippen MR) is 102 cm³/mol. The molecule has 0 amide bonds. The Balaban J connectivity index is 1.69. The van der Waals surface area contributed by atoms with Crippen LogP contribution in [0.25, 0.3) is 21.7 Å². The molecule has 0 atom stereocenters. The Hall–Kier alpha value is -3.13. The second kappa shape index (κ2) is 6.79. The highest BCUT2D eigenvalue weighted by atomic mass is 32.1. The Morgan fingerprint density at radius 3 is 2.68 bits per heavy atom. The monoisotopic (exact) mass is 400 g/mol. The van der Waals surface area contributed by atoms with Crippen LogP contribution in [-0.2, 0) is 13.5 Å². The van der Waals surface area contributed by atoms with Gasteiger partial charge in [-0.3, -0.25) is 9.36 Å². The van der Waals surface area contributed by atoms with Gasteiger partial charge in [-0.1, -0.05) is 6.07 Å². The molecule has 0 unspecified atom stereocenters. The first-order valence-corrected chi connectivity index (χ1v) is 9.25. The van der Waals surface area contributed by atoms with Crippen molar-refractivity contribution >= 4 is 28.2 Å². The molecule has 0 fully saturated rings. The molecule has 28 heavy (non-hydrogen) atoms. The van der Waals surface area contributed by atoms with E-state index in [1.807, 2.05) is 6.92 Å². The Labute approximate surface area is 161 Å². The first kappa shape index (κ1) is 18.2. The first-order chi connectivity index (χ1) is 13.3. The molecule has 2 aromatic carbocycles. The highest BCUT2D eigenvalue weighted by molar-refractivity contribution is 7.13. The van der Waals surface area contributed by atoms with E-state index < -0.39 is 29.6 Å². The Bertz CT molecular complexity index is 1270. The van der Waals surface area contributed by atoms with Crippen LogP contribution in [0.3, 0.4) is 0 Å². The van der Waals surface area contributed by atoms with E-state index in [4.69, 9.17) is 4.42 Å². The third-order valence-electron chi connectivity index (χ3n) is 4.56. The summed E-state index contributed by atoms with van der Waals surface area (Å²) in [6.07, 6.45) is -0.407. The van der Waals surface area contributed by atoms with Crippen molar-refractivity contribution in [2.45, 2.75) is 13.3 Å². The normalized spacial score (nSPS) is 11.3. The molecule has 4 aromatic rings. The predicted octanol–water partition coefficient (Wildman–Crippen LogP) is 4.27. The van der Waals surface area contributed by atoms with Crippen LogP contribution in [0.5, 0.6) is 0 Å². The molecule has 142 valence electrons. The quantitative estimate of drug-likeness (QED) is 0.480. The molecule has 0 bridgehead atoms. The molecular weight excluding hydrogens is 386 g/mol. The van der Waals surface area contributed by atoms with Crippen LogP contribution in [0, 0.1) is 18.6 Å². The number of halogens is 2. The Morgan fingerprint density at radius 2 is 1.96 bits per heavy atom. The molecule has 0 radical (unpaired) electrons. The molecule has 0 N–H and O–H groups in total. The number of nitrogens with zero attached hydrogens (tertiary/aromatic N) is 2. The Kier molecular flexibility index (Phi) is 4.43. The van der Waals surface area contributed by atoms with Gasteiger partial charge in [-0.15, -0.1) is 11.3 Å². The number of aryl methyl sites for hydroxylation is 2. The largest absolute Gasteiger partial charge is 0.419 e. The third-order valence-corrected chi connectivity index (χ3v) is 5.43. The summed E-state index contributed by atoms with van der Waals surface area (Å²) in [6.45, 7) is 1.85. The number of benzene rings is 2. The van der Waals surface area contributed by atoms with Gasteiger partial charge in [0.1, 0.15) is 22.3 Å². The number of thiazole rings is 1. The zero-order valence-corrected chi connectivity index (χ0v) is 15.8. The van der Waals surface area contributed by atoms with Crippen LogP contribution in [-0.4, -0.2) is 15.3 Å². The number of aromatic nitrogens is 2. The minimum atomic E-state index is -0.758. The van der Waals surface area contributed by atoms with Crippen molar-refractivity contribution in [3.05, 3.63) is 74.7 Å². The number of carbonyl (C=O) groups excluding carboxylic acids is 1. The van der Waals surface area contributed by atoms with Crippen molar-refractivity contribution in [1.29, 1.82) is 0 Å². The number of fused-ring (bicyclic) bond motifs is 1. The molecule has 0 saturated carbocycles. The molecule has 0 aliphatic carbocycles. The minimum absolute atomic E-state index is 0.142. The average Bonchev–Trinajstić information content (AvgIpc) is 3.23. The van der Waals surface area contributed by atoms with Gasteiger partial charge in [-0.25, -0.2) is 18.6 Å². The Morgan fingerprint density at radius 1 is 1.25 bits per heavy atom. The number of hydrogen-bond acceptors (Lipinski definition) is 5. The van der Waals surface area contributed by atoms with E-state index in [0.29, 0.717) is 16.1 Å². The summed E-state index contributed by atoms with van der Waals surface area (Å²) in [7, 11) is 1.60. The smallest absolute Gasteiger partial charge is 0.408 e. The van der Waals surface area contributed by atoms with Gasteiger partial charge in [0.15, 0.2) is 11.4 Å². The van der Waals surface area contributed by atoms with Gasteiger partial charge in [0, 0.05) is 30.0 Å². The van der Waals surface area contributed by atoms with Gasteiger partial charge < -0.3 is 4.42 Å². The lowest BCUT2D eigenvalue weighted by Crippen LogP contribution is -2.08. The fourth-order valence-corrected chi connectivity index (χ4v) is 3.89. The van der Waals surface area contributed by atoms with E-state index in [2.05, 4.69) is 4.98 Å². The van der Waals surface area contributed by atoms with Gasteiger partial charge in [0.2, 0.25) is 0 Å². The number of Topliss-reactive ketones (excluding diaryl/α,β-unsaturated/α-hetero) is 1. The van der Waals surface area contributed by atoms with Crippen molar-refractivity contribution in [2.24, 2.45) is 7.05 Å². The molecule has 0 saturated heterocycles. The lowest BCUT2D eigenvalue weighted by atomic mass is 10.1. The van der Waals surface area contributed by atoms with Crippen LogP contribution in [0.1, 0.15) is 21.6 Å². The zero-order chi connectivity index (χ0) is 20.0. The topological polar surface area (TPSA) is 65.1 Å². The highest BCUT2D eigenvalue weighted by Crippen LogP contribution is 2.30. The van der Waals surface area contributed by atoms with Gasteiger partial charge >= 0.3 is 5.76 Å². The van der Waals surface area contributed by atoms with Gasteiger partial charge in [-0.2, -0.15) is 0 Å². The van der Waals surface area contributed by atoms with Crippen molar-refractivity contribution in [3.8, 4) is 10.6 Å². The van der Waals surface area contributed by atoms with Crippen molar-refractivity contribution < 1.29 is 18.0 Å². The van der Waals surface area contributed by atoms with E-state index in [0.717, 1.165) is 23.3 Å². The standard InChI is InChI=1S/C20H14F2N2O3S/c1-10-6-18-16(24(2)20(26)27-18)7-11(10)19-23-15(9-28-19)17(25)8-12-13(21)4-3-5-14(12)22/h3-7,9H,8H2,1-2H3. The van der Waals surface area contributed by atoms with Crippen LogP contribution in [0.15, 0.2) is 44.9 Å². The fourth-order valence-electron chi connectivity index (χ4n) is 2.98. The van der Waals surface area contributed by atoms with Gasteiger partial charge in [0.25, 0.3) is 0 Å². The molecule has 8 heteroatoms. The summed E-state index contributed by atoms with van der Waals surface area (Å²) in [6, 6.07) is 7.00. The fraction of sp³-hybridized carbons (Fsp3) is 0.150. The summed E-state index contributed by atoms with van der Waals surface area (Å²) in [5, 5.41) is 2.14. The van der Waals surface area contributed by atoms with Crippen molar-refractivity contribution in [1.82, 2.24) is 9.55 Å². The van der Waals surface area contributed by atoms with E-state index in [9.17, 15) is 18.4 Å². The van der Waals surface area contributed by atoms with E-state index in [1.54, 1.807) is 24.6 Å². The average molecular weight is 400 g/mol. The molecule has 0 spiro atoms. The minimum Gasteiger partial charge on any atom is -0.408 e. The van der Waals surface area contributed by atoms with E-state index >= 15 is 0 Å². The number of ketones is 1. The van der Waals surface area contributed by atoms with E-state index in [-0.39, 0.29) is 11.3 Å². The molecular formula is C20H14F2N2O3S. The van der Waals surface area contributed by atoms with Crippen LogP contribution >= 0.6 is 11.3 Å². The number of oxazole rings is 1. The molecule has 4 rings (SSSR count). The number of rotatable bonds is 4. The number of carbonyl (C=O) groups is 1. The maximum Gasteiger partial charge on any atom is 0.419 e. The SMILES string of the molecule is Cc1cc2oc(=O)n(C)c2cc1-c1nc(C(=O)Cc2c(F)cccc2F)cs1. The van der Waals surface area contributed by atoms with Gasteiger partial charge in [-0.05, 0) is 36.8 Å². The van der Waals surface area contributed by atoms with Crippen LogP contribution in [0.2, 0.25) is 0 Å². The highest BCUT2D eigenvalue weighted by Gasteiger charge is 2.19. The molecule has 0 aliphatic rings. The molecule has 2 aromatic heterocycles. The van der Waals surface area contributed by atoms with Crippen LogP contribution < -0.4 is 5.76 Å².